The molecule has 0 aliphatic carbocycles. The van der Waals surface area contributed by atoms with Gasteiger partial charge in [0.05, 0.1) is 22.5 Å². The Bertz CT molecular complexity index is 626. The van der Waals surface area contributed by atoms with Crippen LogP contribution < -0.4 is 9.47 Å². The van der Waals surface area contributed by atoms with Crippen molar-refractivity contribution >= 4 is 31.9 Å². The second-order valence-electron chi connectivity index (χ2n) is 4.61. The lowest BCUT2D eigenvalue weighted by Crippen LogP contribution is -2.05. The van der Waals surface area contributed by atoms with Crippen molar-refractivity contribution in [2.45, 2.75) is 25.8 Å². The van der Waals surface area contributed by atoms with Crippen LogP contribution in [0.25, 0.3) is 0 Å². The highest BCUT2D eigenvalue weighted by atomic mass is 79.9. The molecule has 2 rings (SSSR count). The Balaban J connectivity index is 2.19. The SMILES string of the molecule is CCOc1cc(CBr)ccc1OCc1c(Br)c(C)nn1C. The minimum Gasteiger partial charge on any atom is -0.490 e. The van der Waals surface area contributed by atoms with E-state index in [1.54, 1.807) is 0 Å². The van der Waals surface area contributed by atoms with E-state index in [9.17, 15) is 0 Å². The molecule has 0 aliphatic heterocycles. The molecule has 0 atom stereocenters. The largest absolute Gasteiger partial charge is 0.490 e. The van der Waals surface area contributed by atoms with Crippen molar-refractivity contribution in [1.82, 2.24) is 9.78 Å². The van der Waals surface area contributed by atoms with Crippen molar-refractivity contribution in [2.24, 2.45) is 7.05 Å². The molecule has 0 saturated heterocycles. The number of nitrogens with zero attached hydrogens (tertiary/aromatic N) is 2. The van der Waals surface area contributed by atoms with Gasteiger partial charge in [-0.1, -0.05) is 22.0 Å². The van der Waals surface area contributed by atoms with Gasteiger partial charge >= 0.3 is 0 Å². The highest BCUT2D eigenvalue weighted by molar-refractivity contribution is 9.10. The van der Waals surface area contributed by atoms with Gasteiger partial charge in [0.25, 0.3) is 0 Å². The van der Waals surface area contributed by atoms with Crippen LogP contribution in [0.5, 0.6) is 11.5 Å². The van der Waals surface area contributed by atoms with Gasteiger partial charge in [-0.25, -0.2) is 0 Å². The first-order valence-corrected chi connectivity index (χ1v) is 8.60. The van der Waals surface area contributed by atoms with Crippen LogP contribution in [0.3, 0.4) is 0 Å². The summed E-state index contributed by atoms with van der Waals surface area (Å²) in [6, 6.07) is 5.96. The number of aryl methyl sites for hydroxylation is 2. The van der Waals surface area contributed by atoms with E-state index in [1.165, 1.54) is 0 Å². The maximum Gasteiger partial charge on any atom is 0.161 e. The fourth-order valence-corrected chi connectivity index (χ4v) is 2.81. The quantitative estimate of drug-likeness (QED) is 0.655. The molecule has 0 aliphatic rings. The van der Waals surface area contributed by atoms with E-state index in [0.717, 1.165) is 38.3 Å². The zero-order valence-electron chi connectivity index (χ0n) is 12.3. The minimum absolute atomic E-state index is 0.436. The van der Waals surface area contributed by atoms with Crippen LogP contribution in [0, 0.1) is 6.92 Å². The number of ether oxygens (including phenoxy) is 2. The van der Waals surface area contributed by atoms with E-state index in [4.69, 9.17) is 9.47 Å². The van der Waals surface area contributed by atoms with Gasteiger partial charge in [-0.05, 0) is 47.5 Å². The summed E-state index contributed by atoms with van der Waals surface area (Å²) in [6.07, 6.45) is 0. The molecular formula is C15H18Br2N2O2. The van der Waals surface area contributed by atoms with Gasteiger partial charge < -0.3 is 9.47 Å². The molecule has 0 unspecified atom stereocenters. The molecule has 114 valence electrons. The number of halogens is 2. The smallest absolute Gasteiger partial charge is 0.161 e. The van der Waals surface area contributed by atoms with Crippen molar-refractivity contribution < 1.29 is 9.47 Å². The Morgan fingerprint density at radius 3 is 2.57 bits per heavy atom. The third-order valence-corrected chi connectivity index (χ3v) is 4.77. The van der Waals surface area contributed by atoms with E-state index >= 15 is 0 Å². The first kappa shape index (κ1) is 16.4. The summed E-state index contributed by atoms with van der Waals surface area (Å²) in [6.45, 7) is 4.97. The number of rotatable bonds is 6. The summed E-state index contributed by atoms with van der Waals surface area (Å²) < 4.78 is 14.4. The molecule has 0 spiro atoms. The van der Waals surface area contributed by atoms with Crippen LogP contribution in [-0.2, 0) is 19.0 Å². The second-order valence-corrected chi connectivity index (χ2v) is 5.96. The summed E-state index contributed by atoms with van der Waals surface area (Å²) in [5.41, 5.74) is 3.11. The van der Waals surface area contributed by atoms with E-state index in [2.05, 4.69) is 37.0 Å². The molecular weight excluding hydrogens is 400 g/mol. The summed E-state index contributed by atoms with van der Waals surface area (Å²) >= 11 is 7.00. The highest BCUT2D eigenvalue weighted by Crippen LogP contribution is 2.31. The van der Waals surface area contributed by atoms with E-state index in [1.807, 2.05) is 43.8 Å². The van der Waals surface area contributed by atoms with Crippen molar-refractivity contribution in [3.8, 4) is 11.5 Å². The fraction of sp³-hybridized carbons (Fsp3) is 0.400. The topological polar surface area (TPSA) is 36.3 Å². The van der Waals surface area contributed by atoms with E-state index in [0.29, 0.717) is 13.2 Å². The Kier molecular flexibility index (Phi) is 5.70. The van der Waals surface area contributed by atoms with Gasteiger partial charge in [0.2, 0.25) is 0 Å². The molecule has 1 aromatic carbocycles. The van der Waals surface area contributed by atoms with Crippen LogP contribution in [0.1, 0.15) is 23.9 Å². The third-order valence-electron chi connectivity index (χ3n) is 3.09. The van der Waals surface area contributed by atoms with Crippen molar-refractivity contribution in [3.05, 3.63) is 39.6 Å². The van der Waals surface area contributed by atoms with Crippen LogP contribution in [-0.4, -0.2) is 16.4 Å². The molecule has 0 saturated carbocycles. The molecule has 0 bridgehead atoms. The first-order valence-electron chi connectivity index (χ1n) is 6.69. The number of aromatic nitrogens is 2. The maximum atomic E-state index is 5.92. The molecule has 6 heteroatoms. The number of benzene rings is 1. The van der Waals surface area contributed by atoms with Crippen LogP contribution in [0.4, 0.5) is 0 Å². The van der Waals surface area contributed by atoms with E-state index < -0.39 is 0 Å². The third kappa shape index (κ3) is 3.80. The van der Waals surface area contributed by atoms with Crippen LogP contribution in [0.15, 0.2) is 22.7 Å². The van der Waals surface area contributed by atoms with Crippen molar-refractivity contribution in [3.63, 3.8) is 0 Å². The second kappa shape index (κ2) is 7.31. The predicted molar refractivity (Wildman–Crippen MR) is 90.2 cm³/mol. The normalized spacial score (nSPS) is 10.7. The molecule has 21 heavy (non-hydrogen) atoms. The highest BCUT2D eigenvalue weighted by Gasteiger charge is 2.13. The Hall–Kier alpha value is -1.01. The Morgan fingerprint density at radius 1 is 1.24 bits per heavy atom. The molecule has 2 aromatic rings. The Morgan fingerprint density at radius 2 is 2.00 bits per heavy atom. The maximum absolute atomic E-state index is 5.92. The minimum atomic E-state index is 0.436. The number of hydrogen-bond acceptors (Lipinski definition) is 3. The molecule has 0 amide bonds. The Labute approximate surface area is 141 Å². The molecule has 0 fully saturated rings. The molecule has 4 nitrogen and oxygen atoms in total. The van der Waals surface area contributed by atoms with Gasteiger partial charge in [-0.3, -0.25) is 4.68 Å². The van der Waals surface area contributed by atoms with Crippen LogP contribution in [0.2, 0.25) is 0 Å². The van der Waals surface area contributed by atoms with Crippen LogP contribution >= 0.6 is 31.9 Å². The van der Waals surface area contributed by atoms with Gasteiger partial charge in [0, 0.05) is 12.4 Å². The van der Waals surface area contributed by atoms with Gasteiger partial charge in [0.1, 0.15) is 6.61 Å². The lowest BCUT2D eigenvalue weighted by molar-refractivity contribution is 0.262. The standard InChI is InChI=1S/C15H18Br2N2O2/c1-4-20-14-7-11(8-16)5-6-13(14)21-9-12-15(17)10(2)18-19(12)3/h5-7H,4,8-9H2,1-3H3. The summed E-state index contributed by atoms with van der Waals surface area (Å²) in [5.74, 6) is 1.51. The van der Waals surface area contributed by atoms with Crippen molar-refractivity contribution in [1.29, 1.82) is 0 Å². The molecule has 0 N–H and O–H groups in total. The molecule has 1 heterocycles. The van der Waals surface area contributed by atoms with Crippen molar-refractivity contribution in [2.75, 3.05) is 6.61 Å². The number of alkyl halides is 1. The number of hydrogen-bond donors (Lipinski definition) is 0. The molecule has 0 radical (unpaired) electrons. The van der Waals surface area contributed by atoms with Gasteiger partial charge in [-0.2, -0.15) is 5.10 Å². The predicted octanol–water partition coefficient (Wildman–Crippen LogP) is 4.36. The average molecular weight is 418 g/mol. The summed E-state index contributed by atoms with van der Waals surface area (Å²) in [4.78, 5) is 0. The lowest BCUT2D eigenvalue weighted by atomic mass is 10.2. The van der Waals surface area contributed by atoms with Gasteiger partial charge in [-0.15, -0.1) is 0 Å². The lowest BCUT2D eigenvalue weighted by Gasteiger charge is -2.13. The molecule has 1 aromatic heterocycles. The summed E-state index contributed by atoms with van der Waals surface area (Å²) in [7, 11) is 1.91. The zero-order chi connectivity index (χ0) is 15.4. The first-order chi connectivity index (χ1) is 10.1. The van der Waals surface area contributed by atoms with Gasteiger partial charge in [0.15, 0.2) is 11.5 Å². The summed E-state index contributed by atoms with van der Waals surface area (Å²) in [5, 5.41) is 5.15. The fourth-order valence-electron chi connectivity index (χ4n) is 2.01. The monoisotopic (exact) mass is 416 g/mol. The zero-order valence-corrected chi connectivity index (χ0v) is 15.5. The van der Waals surface area contributed by atoms with E-state index in [-0.39, 0.29) is 0 Å². The average Bonchev–Trinajstić information content (AvgIpc) is 2.71.